The predicted octanol–water partition coefficient (Wildman–Crippen LogP) is 7.21. The van der Waals surface area contributed by atoms with Gasteiger partial charge in [-0.25, -0.2) is 9.97 Å². The first kappa shape index (κ1) is 26.3. The largest absolute Gasteiger partial charge is 0.474 e. The Hall–Kier alpha value is -2.79. The first-order valence-electron chi connectivity index (χ1n) is 12.9. The third-order valence-corrected chi connectivity index (χ3v) is 7.44. The van der Waals surface area contributed by atoms with E-state index in [2.05, 4.69) is 16.9 Å². The summed E-state index contributed by atoms with van der Waals surface area (Å²) in [7, 11) is 0. The minimum atomic E-state index is -0.376. The third-order valence-electron chi connectivity index (χ3n) is 7.11. The van der Waals surface area contributed by atoms with E-state index in [1.165, 1.54) is 6.33 Å². The van der Waals surface area contributed by atoms with Crippen LogP contribution in [0.1, 0.15) is 81.3 Å². The molecule has 0 amide bonds. The van der Waals surface area contributed by atoms with Crippen molar-refractivity contribution in [2.75, 3.05) is 0 Å². The fraction of sp³-hybridized carbons (Fsp3) is 0.467. The van der Waals surface area contributed by atoms with Crippen LogP contribution in [0.5, 0.6) is 5.88 Å². The van der Waals surface area contributed by atoms with Crippen molar-refractivity contribution in [3.05, 3.63) is 64.4 Å². The molecule has 1 fully saturated rings. The molecule has 0 atom stereocenters. The molecule has 190 valence electrons. The minimum absolute atomic E-state index is 0.0844. The van der Waals surface area contributed by atoms with Gasteiger partial charge in [0.05, 0.1) is 15.9 Å². The van der Waals surface area contributed by atoms with Crippen molar-refractivity contribution in [2.45, 2.75) is 78.7 Å². The van der Waals surface area contributed by atoms with Crippen molar-refractivity contribution in [3.63, 3.8) is 0 Å². The molecule has 2 aromatic carbocycles. The van der Waals surface area contributed by atoms with Gasteiger partial charge in [-0.15, -0.1) is 0 Å². The summed E-state index contributed by atoms with van der Waals surface area (Å²) in [5.41, 5.74) is 2.56. The lowest BCUT2D eigenvalue weighted by Crippen LogP contribution is -2.23. The predicted molar refractivity (Wildman–Crippen MR) is 144 cm³/mol. The zero-order valence-corrected chi connectivity index (χ0v) is 22.4. The topological polar surface area (TPSA) is 69.2 Å². The van der Waals surface area contributed by atoms with Crippen LogP contribution in [-0.2, 0) is 17.6 Å². The second-order valence-corrected chi connectivity index (χ2v) is 11.5. The number of rotatable bonds is 8. The summed E-state index contributed by atoms with van der Waals surface area (Å²) >= 11 is 6.42. The van der Waals surface area contributed by atoms with Gasteiger partial charge in [0.15, 0.2) is 5.78 Å². The molecule has 1 heterocycles. The molecule has 3 aromatic rings. The zero-order valence-electron chi connectivity index (χ0n) is 21.6. The lowest BCUT2D eigenvalue weighted by molar-refractivity contribution is -0.126. The molecule has 4 rings (SSSR count). The van der Waals surface area contributed by atoms with E-state index in [1.807, 2.05) is 51.1 Å². The quantitative estimate of drug-likeness (QED) is 0.302. The van der Waals surface area contributed by atoms with E-state index in [0.717, 1.165) is 53.6 Å². The highest BCUT2D eigenvalue weighted by Crippen LogP contribution is 2.31. The van der Waals surface area contributed by atoms with E-state index in [-0.39, 0.29) is 29.5 Å². The second kappa shape index (κ2) is 11.1. The Kier molecular flexibility index (Phi) is 8.09. The van der Waals surface area contributed by atoms with Gasteiger partial charge >= 0.3 is 0 Å². The number of aromatic nitrogens is 2. The number of benzene rings is 2. The van der Waals surface area contributed by atoms with Crippen LogP contribution in [-0.4, -0.2) is 27.6 Å². The van der Waals surface area contributed by atoms with Gasteiger partial charge in [0, 0.05) is 23.8 Å². The number of nitrogens with zero attached hydrogens (tertiary/aromatic N) is 2. The van der Waals surface area contributed by atoms with Gasteiger partial charge in [-0.2, -0.15) is 0 Å². The van der Waals surface area contributed by atoms with Crippen molar-refractivity contribution >= 4 is 34.1 Å². The number of halogens is 1. The highest BCUT2D eigenvalue weighted by Gasteiger charge is 2.23. The van der Waals surface area contributed by atoms with Crippen molar-refractivity contribution in [1.29, 1.82) is 0 Å². The maximum Gasteiger partial charge on any atom is 0.224 e. The van der Waals surface area contributed by atoms with Crippen molar-refractivity contribution in [1.82, 2.24) is 9.97 Å². The average Bonchev–Trinajstić information content (AvgIpc) is 2.84. The van der Waals surface area contributed by atoms with E-state index in [0.29, 0.717) is 29.3 Å². The fourth-order valence-electron chi connectivity index (χ4n) is 4.71. The van der Waals surface area contributed by atoms with Crippen molar-refractivity contribution < 1.29 is 14.3 Å². The number of carbonyl (C=O) groups is 2. The van der Waals surface area contributed by atoms with E-state index in [1.54, 1.807) is 6.07 Å². The molecule has 1 aromatic heterocycles. The molecular formula is C30H35ClN2O3. The molecular weight excluding hydrogens is 472 g/mol. The molecule has 0 bridgehead atoms. The number of fused-ring (bicyclic) bond motifs is 1. The number of para-hydroxylation sites is 1. The Labute approximate surface area is 218 Å². The Morgan fingerprint density at radius 2 is 1.81 bits per heavy atom. The molecule has 0 N–H and O–H groups in total. The Balaban J connectivity index is 1.52. The fourth-order valence-corrected chi connectivity index (χ4v) is 4.93. The van der Waals surface area contributed by atoms with E-state index in [4.69, 9.17) is 16.3 Å². The van der Waals surface area contributed by atoms with E-state index in [9.17, 15) is 9.59 Å². The van der Waals surface area contributed by atoms with Crippen LogP contribution in [0.4, 0.5) is 0 Å². The van der Waals surface area contributed by atoms with Crippen LogP contribution in [0, 0.1) is 11.3 Å². The number of aryl methyl sites for hydroxylation is 1. The monoisotopic (exact) mass is 506 g/mol. The first-order valence-corrected chi connectivity index (χ1v) is 13.2. The van der Waals surface area contributed by atoms with Crippen molar-refractivity contribution in [3.8, 4) is 5.88 Å². The lowest BCUT2D eigenvalue weighted by Gasteiger charge is -2.26. The molecule has 0 aliphatic heterocycles. The van der Waals surface area contributed by atoms with Gasteiger partial charge < -0.3 is 4.74 Å². The number of ether oxygens (including phenoxy) is 1. The Morgan fingerprint density at radius 1 is 1.06 bits per heavy atom. The van der Waals surface area contributed by atoms with Crippen LogP contribution >= 0.6 is 11.6 Å². The smallest absolute Gasteiger partial charge is 0.224 e. The minimum Gasteiger partial charge on any atom is -0.474 e. The van der Waals surface area contributed by atoms with Crippen molar-refractivity contribution in [2.24, 2.45) is 11.3 Å². The van der Waals surface area contributed by atoms with Crippen LogP contribution < -0.4 is 4.74 Å². The maximum absolute atomic E-state index is 13.3. The second-order valence-electron chi connectivity index (χ2n) is 11.1. The summed E-state index contributed by atoms with van der Waals surface area (Å²) in [6.45, 7) is 8.05. The maximum atomic E-state index is 13.3. The molecule has 0 unspecified atom stereocenters. The van der Waals surface area contributed by atoms with Gasteiger partial charge in [-0.1, -0.05) is 57.5 Å². The summed E-state index contributed by atoms with van der Waals surface area (Å²) in [4.78, 5) is 34.6. The van der Waals surface area contributed by atoms with Gasteiger partial charge in [-0.05, 0) is 67.3 Å². The Morgan fingerprint density at radius 3 is 2.53 bits per heavy atom. The van der Waals surface area contributed by atoms with Gasteiger partial charge in [-0.3, -0.25) is 9.59 Å². The van der Waals surface area contributed by atoms with Crippen LogP contribution in [0.15, 0.2) is 42.7 Å². The highest BCUT2D eigenvalue weighted by atomic mass is 35.5. The number of carbonyl (C=O) groups excluding carboxylic acids is 2. The molecule has 1 saturated carbocycles. The standard InChI is InChI=1S/C30H35ClN2O3/c1-19-8-12-22(13-9-19)36-29-23-7-5-6-21(28(23)32-18-33-29)17-26(34)24-16-20(10-14-25(24)31)11-15-27(35)30(2,3)4/h5-7,10,14,16,18-19,22H,8-9,11-13,15,17H2,1-4H3. The lowest BCUT2D eigenvalue weighted by atomic mass is 9.87. The summed E-state index contributed by atoms with van der Waals surface area (Å²) in [5.74, 6) is 1.44. The average molecular weight is 507 g/mol. The zero-order chi connectivity index (χ0) is 25.9. The number of Topliss-reactive ketones (excluding diaryl/α,β-unsaturated/α-hetero) is 2. The van der Waals surface area contributed by atoms with Gasteiger partial charge in [0.2, 0.25) is 5.88 Å². The van der Waals surface area contributed by atoms with E-state index < -0.39 is 0 Å². The summed E-state index contributed by atoms with van der Waals surface area (Å²) < 4.78 is 6.28. The molecule has 36 heavy (non-hydrogen) atoms. The highest BCUT2D eigenvalue weighted by molar-refractivity contribution is 6.34. The number of hydrogen-bond donors (Lipinski definition) is 0. The summed E-state index contributed by atoms with van der Waals surface area (Å²) in [6, 6.07) is 11.2. The van der Waals surface area contributed by atoms with Gasteiger partial charge in [0.25, 0.3) is 0 Å². The first-order chi connectivity index (χ1) is 17.1. The molecule has 0 spiro atoms. The third kappa shape index (κ3) is 6.31. The van der Waals surface area contributed by atoms with Crippen LogP contribution in [0.3, 0.4) is 0 Å². The molecule has 6 heteroatoms. The molecule has 1 aliphatic rings. The summed E-state index contributed by atoms with van der Waals surface area (Å²) in [5, 5.41) is 1.23. The SMILES string of the molecule is CC1CCC(Oc2ncnc3c(CC(=O)c4cc(CCC(=O)C(C)(C)C)ccc4Cl)cccc23)CC1. The van der Waals surface area contributed by atoms with Crippen LogP contribution in [0.25, 0.3) is 10.9 Å². The molecule has 0 saturated heterocycles. The molecule has 1 aliphatic carbocycles. The molecule has 0 radical (unpaired) electrons. The van der Waals surface area contributed by atoms with E-state index >= 15 is 0 Å². The van der Waals surface area contributed by atoms with Crippen LogP contribution in [0.2, 0.25) is 5.02 Å². The molecule has 5 nitrogen and oxygen atoms in total. The normalized spacial score (nSPS) is 18.2. The number of ketones is 2. The summed E-state index contributed by atoms with van der Waals surface area (Å²) in [6.07, 6.45) is 7.24. The Bertz CT molecular complexity index is 1260. The number of hydrogen-bond acceptors (Lipinski definition) is 5. The van der Waals surface area contributed by atoms with Gasteiger partial charge in [0.1, 0.15) is 18.2 Å².